The molecule has 0 bridgehead atoms. The van der Waals surface area contributed by atoms with Crippen LogP contribution in [0.25, 0.3) is 10.4 Å². The van der Waals surface area contributed by atoms with Gasteiger partial charge in [0.05, 0.1) is 6.61 Å². The van der Waals surface area contributed by atoms with Gasteiger partial charge in [-0.05, 0) is 12.0 Å². The summed E-state index contributed by atoms with van der Waals surface area (Å²) in [5, 5.41) is 22.4. The number of nitrogens with zero attached hydrogens (tertiary/aromatic N) is 4. The molecule has 134 valence electrons. The van der Waals surface area contributed by atoms with Crippen molar-refractivity contribution in [3.63, 3.8) is 0 Å². The lowest BCUT2D eigenvalue weighted by Crippen LogP contribution is -2.43. The fourth-order valence-electron chi connectivity index (χ4n) is 2.33. The summed E-state index contributed by atoms with van der Waals surface area (Å²) in [7, 11) is 0. The third-order valence-corrected chi connectivity index (χ3v) is 3.64. The van der Waals surface area contributed by atoms with Crippen LogP contribution in [0, 0.1) is 11.8 Å². The van der Waals surface area contributed by atoms with E-state index in [0.29, 0.717) is 11.0 Å². The average Bonchev–Trinajstić information content (AvgIpc) is 2.83. The second kappa shape index (κ2) is 7.50. The summed E-state index contributed by atoms with van der Waals surface area (Å²) in [5.41, 5.74) is 4.42. The van der Waals surface area contributed by atoms with Crippen molar-refractivity contribution in [1.82, 2.24) is 9.55 Å². The Bertz CT molecular complexity index is 865. The van der Waals surface area contributed by atoms with E-state index in [1.807, 2.05) is 11.9 Å². The SMILES string of the molecule is CCCC#Cc1cn([C@@H]2O[C@@](CO)(N=[N+]=[N-])[C@@H](O)[C@@H]2F)c(=O)[nH]c1=O. The topological polar surface area (TPSA) is 153 Å². The normalized spacial score (nSPS) is 28.1. The molecule has 2 heterocycles. The zero-order chi connectivity index (χ0) is 18.6. The Kier molecular flexibility index (Phi) is 5.61. The van der Waals surface area contributed by atoms with E-state index in [9.17, 15) is 24.2 Å². The number of aromatic amines is 1. The lowest BCUT2D eigenvalue weighted by atomic mass is 10.1. The molecule has 0 aliphatic carbocycles. The predicted molar refractivity (Wildman–Crippen MR) is 83.1 cm³/mol. The number of aromatic nitrogens is 2. The van der Waals surface area contributed by atoms with E-state index in [4.69, 9.17) is 10.3 Å². The molecule has 1 saturated heterocycles. The van der Waals surface area contributed by atoms with Gasteiger partial charge in [-0.1, -0.05) is 23.9 Å². The zero-order valence-electron chi connectivity index (χ0n) is 13.2. The summed E-state index contributed by atoms with van der Waals surface area (Å²) in [6.45, 7) is 0.891. The van der Waals surface area contributed by atoms with Gasteiger partial charge in [0.2, 0.25) is 5.72 Å². The lowest BCUT2D eigenvalue weighted by molar-refractivity contribution is -0.124. The van der Waals surface area contributed by atoms with Crippen LogP contribution in [0.2, 0.25) is 0 Å². The third kappa shape index (κ3) is 3.42. The van der Waals surface area contributed by atoms with Crippen molar-refractivity contribution in [3.05, 3.63) is 43.0 Å². The van der Waals surface area contributed by atoms with Gasteiger partial charge in [-0.25, -0.2) is 9.18 Å². The van der Waals surface area contributed by atoms with Crippen LogP contribution in [0.3, 0.4) is 0 Å². The Morgan fingerprint density at radius 1 is 1.60 bits per heavy atom. The second-order valence-corrected chi connectivity index (χ2v) is 5.35. The van der Waals surface area contributed by atoms with Crippen molar-refractivity contribution in [2.45, 2.75) is 44.0 Å². The molecule has 0 radical (unpaired) electrons. The lowest BCUT2D eigenvalue weighted by Gasteiger charge is -2.23. The van der Waals surface area contributed by atoms with Crippen molar-refractivity contribution in [2.24, 2.45) is 5.11 Å². The van der Waals surface area contributed by atoms with Gasteiger partial charge in [-0.2, -0.15) is 0 Å². The molecule has 11 heteroatoms. The molecule has 1 aliphatic heterocycles. The number of alkyl halides is 1. The van der Waals surface area contributed by atoms with Gasteiger partial charge in [-0.15, -0.1) is 0 Å². The molecule has 1 aromatic rings. The minimum atomic E-state index is -2.28. The highest BCUT2D eigenvalue weighted by Crippen LogP contribution is 2.39. The summed E-state index contributed by atoms with van der Waals surface area (Å²) in [4.78, 5) is 28.2. The van der Waals surface area contributed by atoms with Gasteiger partial charge < -0.3 is 14.9 Å². The number of aliphatic hydroxyl groups is 2. The smallest absolute Gasteiger partial charge is 0.330 e. The number of hydrogen-bond acceptors (Lipinski definition) is 6. The summed E-state index contributed by atoms with van der Waals surface area (Å²) in [5.74, 6) is 5.29. The van der Waals surface area contributed by atoms with E-state index in [-0.39, 0.29) is 5.56 Å². The van der Waals surface area contributed by atoms with Crippen LogP contribution >= 0.6 is 0 Å². The Balaban J connectivity index is 2.50. The first-order chi connectivity index (χ1) is 11.9. The van der Waals surface area contributed by atoms with Crippen LogP contribution in [0.15, 0.2) is 20.9 Å². The van der Waals surface area contributed by atoms with Crippen LogP contribution in [0.1, 0.15) is 31.6 Å². The summed E-state index contributed by atoms with van der Waals surface area (Å²) in [6.07, 6.45) is -3.64. The van der Waals surface area contributed by atoms with Crippen LogP contribution in [-0.4, -0.2) is 44.4 Å². The third-order valence-electron chi connectivity index (χ3n) is 3.64. The van der Waals surface area contributed by atoms with E-state index in [2.05, 4.69) is 21.9 Å². The van der Waals surface area contributed by atoms with Crippen LogP contribution in [-0.2, 0) is 4.74 Å². The van der Waals surface area contributed by atoms with E-state index in [1.54, 1.807) is 0 Å². The molecule has 1 aliphatic rings. The predicted octanol–water partition coefficient (Wildman–Crippen LogP) is -0.0851. The van der Waals surface area contributed by atoms with E-state index < -0.39 is 42.1 Å². The van der Waals surface area contributed by atoms with Crippen molar-refractivity contribution in [3.8, 4) is 11.8 Å². The number of H-pyrrole nitrogens is 1. The Labute approximate surface area is 140 Å². The molecule has 10 nitrogen and oxygen atoms in total. The highest BCUT2D eigenvalue weighted by molar-refractivity contribution is 5.29. The fourth-order valence-corrected chi connectivity index (χ4v) is 2.33. The number of aliphatic hydroxyl groups excluding tert-OH is 2. The molecule has 0 unspecified atom stereocenters. The highest BCUT2D eigenvalue weighted by Gasteiger charge is 2.56. The van der Waals surface area contributed by atoms with E-state index in [1.165, 1.54) is 0 Å². The molecule has 4 atom stereocenters. The molecule has 3 N–H and O–H groups in total. The van der Waals surface area contributed by atoms with Crippen molar-refractivity contribution in [1.29, 1.82) is 0 Å². The monoisotopic (exact) mass is 353 g/mol. The molecule has 0 aromatic carbocycles. The fraction of sp³-hybridized carbons (Fsp3) is 0.571. The Morgan fingerprint density at radius 2 is 2.32 bits per heavy atom. The maximum absolute atomic E-state index is 14.4. The molecule has 0 saturated carbocycles. The van der Waals surface area contributed by atoms with Gasteiger partial charge in [0.1, 0.15) is 11.7 Å². The number of rotatable bonds is 4. The molecule has 1 fully saturated rings. The van der Waals surface area contributed by atoms with Gasteiger partial charge in [0.25, 0.3) is 5.56 Å². The van der Waals surface area contributed by atoms with Gasteiger partial charge in [0.15, 0.2) is 12.4 Å². The minimum Gasteiger partial charge on any atom is -0.393 e. The summed E-state index contributed by atoms with van der Waals surface area (Å²) < 4.78 is 20.3. The molecular formula is C14H16FN5O5. The quantitative estimate of drug-likeness (QED) is 0.299. The zero-order valence-corrected chi connectivity index (χ0v) is 13.2. The Morgan fingerprint density at radius 3 is 2.92 bits per heavy atom. The van der Waals surface area contributed by atoms with Crippen LogP contribution in [0.5, 0.6) is 0 Å². The maximum atomic E-state index is 14.4. The van der Waals surface area contributed by atoms with Crippen molar-refractivity contribution in [2.75, 3.05) is 6.61 Å². The Hall–Kier alpha value is -2.64. The molecule has 25 heavy (non-hydrogen) atoms. The number of halogens is 1. The van der Waals surface area contributed by atoms with Gasteiger partial charge in [0, 0.05) is 17.5 Å². The number of nitrogens with one attached hydrogen (secondary N) is 1. The first kappa shape index (κ1) is 18.7. The summed E-state index contributed by atoms with van der Waals surface area (Å²) >= 11 is 0. The van der Waals surface area contributed by atoms with Crippen LogP contribution in [0.4, 0.5) is 4.39 Å². The largest absolute Gasteiger partial charge is 0.393 e. The minimum absolute atomic E-state index is 0.0939. The average molecular weight is 353 g/mol. The van der Waals surface area contributed by atoms with Gasteiger partial charge >= 0.3 is 5.69 Å². The molecule has 2 rings (SSSR count). The van der Waals surface area contributed by atoms with E-state index in [0.717, 1.165) is 12.6 Å². The number of azide groups is 1. The van der Waals surface area contributed by atoms with Crippen molar-refractivity contribution < 1.29 is 19.3 Å². The molecular weight excluding hydrogens is 337 g/mol. The molecule has 1 aromatic heterocycles. The molecule has 0 spiro atoms. The number of unbranched alkanes of at least 4 members (excludes halogenated alkanes) is 1. The maximum Gasteiger partial charge on any atom is 0.330 e. The molecule has 0 amide bonds. The number of ether oxygens (including phenoxy) is 1. The van der Waals surface area contributed by atoms with Crippen molar-refractivity contribution >= 4 is 0 Å². The standard InChI is InChI=1S/C14H16FN5O5/c1-2-3-4-5-8-6-20(13(24)17-11(8)23)12-9(15)10(22)14(7-21,25-12)18-19-16/h6,9-10,12,21-22H,2-3,7H2,1H3,(H,17,23,24)/t9-,10-,12+,14+/m0/s1. The summed E-state index contributed by atoms with van der Waals surface area (Å²) in [6, 6.07) is 0. The van der Waals surface area contributed by atoms with Gasteiger partial charge in [-0.3, -0.25) is 14.3 Å². The highest BCUT2D eigenvalue weighted by atomic mass is 19.1. The first-order valence-electron chi connectivity index (χ1n) is 7.41. The first-order valence-corrected chi connectivity index (χ1v) is 7.41. The second-order valence-electron chi connectivity index (χ2n) is 5.35. The number of hydrogen-bond donors (Lipinski definition) is 3. The van der Waals surface area contributed by atoms with Crippen LogP contribution < -0.4 is 11.2 Å². The van der Waals surface area contributed by atoms with E-state index >= 15 is 0 Å².